The van der Waals surface area contributed by atoms with E-state index in [9.17, 15) is 9.59 Å². The van der Waals surface area contributed by atoms with Gasteiger partial charge in [-0.15, -0.1) is 0 Å². The van der Waals surface area contributed by atoms with Crippen LogP contribution in [0.4, 0.5) is 0 Å². The Morgan fingerprint density at radius 1 is 1.00 bits per heavy atom. The standard InChI is InChI=1S/C31H36N2O4/c1-31(2)21-27(33(17-10-18-36-3)29(34)19-23-11-6-4-7-12-23)26-20-25(15-16-28(26)37-31)30(35)32-22-24-13-8-5-9-14-24/h4-9,11-16,20,27H,10,17-19,21-22H2,1-3H3,(H,32,35). The highest BCUT2D eigenvalue weighted by atomic mass is 16.5. The summed E-state index contributed by atoms with van der Waals surface area (Å²) in [7, 11) is 1.67. The summed E-state index contributed by atoms with van der Waals surface area (Å²) in [5.74, 6) is 0.608. The number of carbonyl (C=O) groups excluding carboxylic acids is 2. The van der Waals surface area contributed by atoms with Gasteiger partial charge in [0, 0.05) is 44.4 Å². The van der Waals surface area contributed by atoms with Crippen LogP contribution in [0, 0.1) is 0 Å². The molecule has 0 saturated carbocycles. The Morgan fingerprint density at radius 3 is 2.35 bits per heavy atom. The van der Waals surface area contributed by atoms with Crippen molar-refractivity contribution in [1.29, 1.82) is 0 Å². The Labute approximate surface area is 219 Å². The molecule has 3 aromatic rings. The monoisotopic (exact) mass is 500 g/mol. The van der Waals surface area contributed by atoms with Gasteiger partial charge >= 0.3 is 0 Å². The third-order valence-corrected chi connectivity index (χ3v) is 6.64. The summed E-state index contributed by atoms with van der Waals surface area (Å²) in [6.45, 7) is 5.65. The van der Waals surface area contributed by atoms with E-state index in [-0.39, 0.29) is 17.9 Å². The molecule has 1 atom stereocenters. The highest BCUT2D eigenvalue weighted by Crippen LogP contribution is 2.43. The average Bonchev–Trinajstić information content (AvgIpc) is 2.90. The van der Waals surface area contributed by atoms with Crippen molar-refractivity contribution in [2.24, 2.45) is 0 Å². The lowest BCUT2D eigenvalue weighted by Crippen LogP contribution is -2.45. The molecule has 37 heavy (non-hydrogen) atoms. The minimum Gasteiger partial charge on any atom is -0.487 e. The summed E-state index contributed by atoms with van der Waals surface area (Å²) in [5.41, 5.74) is 2.97. The summed E-state index contributed by atoms with van der Waals surface area (Å²) in [6, 6.07) is 24.9. The number of nitrogens with one attached hydrogen (secondary N) is 1. The molecule has 6 heteroatoms. The molecular formula is C31H36N2O4. The lowest BCUT2D eigenvalue weighted by molar-refractivity contribution is -0.135. The van der Waals surface area contributed by atoms with Crippen LogP contribution in [0.3, 0.4) is 0 Å². The van der Waals surface area contributed by atoms with Gasteiger partial charge in [0.1, 0.15) is 11.4 Å². The molecule has 1 N–H and O–H groups in total. The van der Waals surface area contributed by atoms with E-state index < -0.39 is 5.60 Å². The lowest BCUT2D eigenvalue weighted by Gasteiger charge is -2.43. The SMILES string of the molecule is COCCCN(C(=O)Cc1ccccc1)C1CC(C)(C)Oc2ccc(C(=O)NCc3ccccc3)cc21. The van der Waals surface area contributed by atoms with Gasteiger partial charge in [-0.2, -0.15) is 0 Å². The predicted molar refractivity (Wildman–Crippen MR) is 144 cm³/mol. The van der Waals surface area contributed by atoms with Crippen LogP contribution in [0.1, 0.15) is 59.8 Å². The topological polar surface area (TPSA) is 67.9 Å². The average molecular weight is 501 g/mol. The molecule has 0 fully saturated rings. The summed E-state index contributed by atoms with van der Waals surface area (Å²) in [6.07, 6.45) is 1.67. The van der Waals surface area contributed by atoms with Gasteiger partial charge in [0.15, 0.2) is 0 Å². The van der Waals surface area contributed by atoms with Crippen LogP contribution >= 0.6 is 0 Å². The lowest BCUT2D eigenvalue weighted by atomic mass is 9.87. The van der Waals surface area contributed by atoms with E-state index in [4.69, 9.17) is 9.47 Å². The van der Waals surface area contributed by atoms with Crippen LogP contribution in [0.5, 0.6) is 5.75 Å². The molecule has 0 aromatic heterocycles. The largest absolute Gasteiger partial charge is 0.487 e. The summed E-state index contributed by atoms with van der Waals surface area (Å²) in [5, 5.41) is 3.00. The molecular weight excluding hydrogens is 464 g/mol. The third-order valence-electron chi connectivity index (χ3n) is 6.64. The summed E-state index contributed by atoms with van der Waals surface area (Å²) < 4.78 is 11.6. The van der Waals surface area contributed by atoms with Gasteiger partial charge in [0.05, 0.1) is 12.5 Å². The molecule has 4 rings (SSSR count). The van der Waals surface area contributed by atoms with Gasteiger partial charge in [0.25, 0.3) is 5.91 Å². The van der Waals surface area contributed by atoms with Crippen LogP contribution in [0.25, 0.3) is 0 Å². The Hall–Kier alpha value is -3.64. The Kier molecular flexibility index (Phi) is 8.62. The van der Waals surface area contributed by atoms with Gasteiger partial charge in [0.2, 0.25) is 5.91 Å². The number of hydrogen-bond acceptors (Lipinski definition) is 4. The van der Waals surface area contributed by atoms with Crippen LogP contribution in [0.2, 0.25) is 0 Å². The fourth-order valence-corrected chi connectivity index (χ4v) is 4.82. The van der Waals surface area contributed by atoms with E-state index in [1.807, 2.05) is 91.5 Å². The molecule has 1 unspecified atom stereocenters. The maximum Gasteiger partial charge on any atom is 0.251 e. The number of amides is 2. The maximum absolute atomic E-state index is 13.7. The van der Waals surface area contributed by atoms with Crippen molar-refractivity contribution in [3.05, 3.63) is 101 Å². The van der Waals surface area contributed by atoms with E-state index in [1.54, 1.807) is 13.2 Å². The van der Waals surface area contributed by atoms with Crippen molar-refractivity contribution in [3.63, 3.8) is 0 Å². The number of methoxy groups -OCH3 is 1. The van der Waals surface area contributed by atoms with E-state index in [0.717, 1.165) is 23.1 Å². The van der Waals surface area contributed by atoms with Crippen molar-refractivity contribution in [3.8, 4) is 5.75 Å². The second kappa shape index (κ2) is 12.1. The minimum absolute atomic E-state index is 0.0508. The van der Waals surface area contributed by atoms with E-state index in [2.05, 4.69) is 5.32 Å². The van der Waals surface area contributed by atoms with Gasteiger partial charge in [-0.05, 0) is 49.6 Å². The maximum atomic E-state index is 13.7. The van der Waals surface area contributed by atoms with Crippen LogP contribution in [0.15, 0.2) is 78.9 Å². The molecule has 1 heterocycles. The van der Waals surface area contributed by atoms with Crippen molar-refractivity contribution >= 4 is 11.8 Å². The van der Waals surface area contributed by atoms with Gasteiger partial charge < -0.3 is 19.7 Å². The summed E-state index contributed by atoms with van der Waals surface area (Å²) in [4.78, 5) is 28.7. The molecule has 6 nitrogen and oxygen atoms in total. The first kappa shape index (κ1) is 26.4. The molecule has 0 spiro atoms. The zero-order valence-corrected chi connectivity index (χ0v) is 21.9. The Bertz CT molecular complexity index is 1190. The quantitative estimate of drug-likeness (QED) is 0.382. The fourth-order valence-electron chi connectivity index (χ4n) is 4.82. The molecule has 194 valence electrons. The second-order valence-corrected chi connectivity index (χ2v) is 10.1. The first-order chi connectivity index (χ1) is 17.9. The molecule has 0 radical (unpaired) electrons. The minimum atomic E-state index is -0.457. The van der Waals surface area contributed by atoms with Crippen LogP contribution in [-0.2, 0) is 22.5 Å². The number of benzene rings is 3. The number of fused-ring (bicyclic) bond motifs is 1. The van der Waals surface area contributed by atoms with Crippen LogP contribution < -0.4 is 10.1 Å². The molecule has 1 aliphatic rings. The molecule has 0 aliphatic carbocycles. The van der Waals surface area contributed by atoms with Crippen LogP contribution in [-0.4, -0.2) is 42.6 Å². The zero-order chi connectivity index (χ0) is 26.3. The molecule has 0 bridgehead atoms. The molecule has 1 aliphatic heterocycles. The normalized spacial score (nSPS) is 15.8. The third kappa shape index (κ3) is 6.98. The van der Waals surface area contributed by atoms with Crippen molar-refractivity contribution in [2.75, 3.05) is 20.3 Å². The number of rotatable bonds is 10. The second-order valence-electron chi connectivity index (χ2n) is 10.1. The predicted octanol–water partition coefficient (Wildman–Crippen LogP) is 5.33. The molecule has 2 amide bonds. The Morgan fingerprint density at radius 2 is 1.68 bits per heavy atom. The first-order valence-electron chi connectivity index (χ1n) is 12.8. The number of ether oxygens (including phenoxy) is 2. The highest BCUT2D eigenvalue weighted by Gasteiger charge is 2.38. The van der Waals surface area contributed by atoms with Gasteiger partial charge in [-0.25, -0.2) is 0 Å². The van der Waals surface area contributed by atoms with E-state index in [0.29, 0.717) is 43.9 Å². The zero-order valence-electron chi connectivity index (χ0n) is 21.9. The summed E-state index contributed by atoms with van der Waals surface area (Å²) >= 11 is 0. The molecule has 0 saturated heterocycles. The Balaban J connectivity index is 1.61. The van der Waals surface area contributed by atoms with E-state index in [1.165, 1.54) is 0 Å². The van der Waals surface area contributed by atoms with Gasteiger partial charge in [-0.3, -0.25) is 9.59 Å². The van der Waals surface area contributed by atoms with Crippen molar-refractivity contribution < 1.29 is 19.1 Å². The smallest absolute Gasteiger partial charge is 0.251 e. The van der Waals surface area contributed by atoms with Crippen molar-refractivity contribution in [1.82, 2.24) is 10.2 Å². The first-order valence-corrected chi connectivity index (χ1v) is 12.8. The van der Waals surface area contributed by atoms with Crippen molar-refractivity contribution in [2.45, 2.75) is 51.3 Å². The fraction of sp³-hybridized carbons (Fsp3) is 0.355. The number of hydrogen-bond donors (Lipinski definition) is 1. The highest BCUT2D eigenvalue weighted by molar-refractivity contribution is 5.94. The van der Waals surface area contributed by atoms with Gasteiger partial charge in [-0.1, -0.05) is 60.7 Å². The van der Waals surface area contributed by atoms with E-state index >= 15 is 0 Å². The molecule has 3 aromatic carbocycles. The number of carbonyl (C=O) groups is 2. The number of nitrogens with zero attached hydrogens (tertiary/aromatic N) is 1.